The Balaban J connectivity index is 1.12. The van der Waals surface area contributed by atoms with Gasteiger partial charge in [0.15, 0.2) is 5.82 Å². The first kappa shape index (κ1) is 23.3. The molecule has 3 amide bonds. The molecule has 3 fully saturated rings. The van der Waals surface area contributed by atoms with Gasteiger partial charge in [-0.3, -0.25) is 14.7 Å². The summed E-state index contributed by atoms with van der Waals surface area (Å²) in [6.45, 7) is 2.59. The van der Waals surface area contributed by atoms with Gasteiger partial charge in [0.2, 0.25) is 11.8 Å². The molecule has 1 aliphatic heterocycles. The third-order valence-corrected chi connectivity index (χ3v) is 7.14. The first-order valence-corrected chi connectivity index (χ1v) is 12.2. The highest BCUT2D eigenvalue weighted by molar-refractivity contribution is 5.95. The summed E-state index contributed by atoms with van der Waals surface area (Å²) >= 11 is 0. The number of amides is 3. The Morgan fingerprint density at radius 3 is 2.83 bits per heavy atom. The molecule has 0 radical (unpaired) electrons. The van der Waals surface area contributed by atoms with Gasteiger partial charge in [-0.1, -0.05) is 6.07 Å². The summed E-state index contributed by atoms with van der Waals surface area (Å²) in [6, 6.07) is 6.30. The van der Waals surface area contributed by atoms with Gasteiger partial charge in [0, 0.05) is 41.9 Å². The van der Waals surface area contributed by atoms with Crippen molar-refractivity contribution in [3.8, 4) is 0 Å². The minimum atomic E-state index is -0.517. The number of hydrogen-bond donors (Lipinski definition) is 3. The van der Waals surface area contributed by atoms with E-state index in [0.29, 0.717) is 30.9 Å². The van der Waals surface area contributed by atoms with Crippen molar-refractivity contribution in [2.24, 2.45) is 0 Å². The highest BCUT2D eigenvalue weighted by atomic mass is 19.1. The van der Waals surface area contributed by atoms with Gasteiger partial charge in [0.05, 0.1) is 6.42 Å². The Labute approximate surface area is 202 Å². The second-order valence-corrected chi connectivity index (χ2v) is 10.1. The number of hydrogen-bond acceptors (Lipinski definition) is 5. The summed E-state index contributed by atoms with van der Waals surface area (Å²) in [5, 5.41) is 12.7. The third kappa shape index (κ3) is 5.47. The number of alkyl carbamates (subject to hydrolysis) is 1. The van der Waals surface area contributed by atoms with Crippen molar-refractivity contribution < 1.29 is 23.5 Å². The number of aromatic amines is 1. The highest BCUT2D eigenvalue weighted by Gasteiger charge is 2.40. The normalized spacial score (nSPS) is 22.8. The first-order valence-electron chi connectivity index (χ1n) is 12.2. The Morgan fingerprint density at radius 2 is 2.11 bits per heavy atom. The largest absolute Gasteiger partial charge is 0.446 e. The zero-order chi connectivity index (χ0) is 24.6. The quantitative estimate of drug-likeness (QED) is 0.554. The molecule has 10 heteroatoms. The van der Waals surface area contributed by atoms with Crippen molar-refractivity contribution in [3.63, 3.8) is 0 Å². The molecular formula is C25H30FN5O4. The molecule has 0 spiro atoms. The Morgan fingerprint density at radius 1 is 1.29 bits per heavy atom. The minimum Gasteiger partial charge on any atom is -0.446 e. The lowest BCUT2D eigenvalue weighted by Crippen LogP contribution is -2.36. The van der Waals surface area contributed by atoms with E-state index in [-0.39, 0.29) is 47.5 Å². The molecule has 2 saturated carbocycles. The molecule has 5 rings (SSSR count). The van der Waals surface area contributed by atoms with Crippen LogP contribution in [0.4, 0.5) is 20.7 Å². The molecule has 0 bridgehead atoms. The molecule has 35 heavy (non-hydrogen) atoms. The van der Waals surface area contributed by atoms with Gasteiger partial charge in [-0.2, -0.15) is 5.10 Å². The lowest BCUT2D eigenvalue weighted by Gasteiger charge is -2.16. The smallest absolute Gasteiger partial charge is 0.407 e. The van der Waals surface area contributed by atoms with Crippen LogP contribution in [0.5, 0.6) is 0 Å². The topological polar surface area (TPSA) is 116 Å². The number of rotatable bonds is 7. The molecule has 9 nitrogen and oxygen atoms in total. The van der Waals surface area contributed by atoms with E-state index in [1.807, 2.05) is 6.92 Å². The predicted octanol–water partition coefficient (Wildman–Crippen LogP) is 3.77. The summed E-state index contributed by atoms with van der Waals surface area (Å²) < 4.78 is 20.1. The number of nitrogens with one attached hydrogen (secondary N) is 3. The lowest BCUT2D eigenvalue weighted by molar-refractivity contribution is -0.117. The SMILES string of the molecule is CC1(NC(=O)O[C@H]2CC[C@H](c3cc(NC(=O)Cc4ccc(N5CCCC5=O)cc4F)n[nH]3)C2)CC1. The van der Waals surface area contributed by atoms with Gasteiger partial charge in [-0.25, -0.2) is 9.18 Å². The second kappa shape index (κ2) is 9.31. The molecule has 2 aromatic rings. The molecule has 2 heterocycles. The molecule has 1 saturated heterocycles. The van der Waals surface area contributed by atoms with Gasteiger partial charge in [0.1, 0.15) is 11.9 Å². The van der Waals surface area contributed by atoms with Crippen LogP contribution < -0.4 is 15.5 Å². The van der Waals surface area contributed by atoms with Crippen molar-refractivity contribution in [1.82, 2.24) is 15.5 Å². The van der Waals surface area contributed by atoms with Crippen molar-refractivity contribution in [3.05, 3.63) is 41.3 Å². The van der Waals surface area contributed by atoms with Crippen LogP contribution in [0.2, 0.25) is 0 Å². The maximum atomic E-state index is 14.6. The number of H-pyrrole nitrogens is 1. The zero-order valence-corrected chi connectivity index (χ0v) is 19.7. The number of carbonyl (C=O) groups is 3. The second-order valence-electron chi connectivity index (χ2n) is 10.1. The standard InChI is InChI=1S/C25H30FN5O4/c1-25(8-9-25)28-24(34)35-18-7-5-16(11-18)20-14-21(30-29-20)27-22(32)12-15-4-6-17(13-19(15)26)31-10-2-3-23(31)33/h4,6,13-14,16,18H,2-3,5,7-12H2,1H3,(H,28,34)(H2,27,29,30,32)/t16-,18-/m0/s1. The summed E-state index contributed by atoms with van der Waals surface area (Å²) in [5.74, 6) is -0.393. The van der Waals surface area contributed by atoms with Crippen molar-refractivity contribution in [2.45, 2.75) is 75.9 Å². The molecule has 3 aliphatic rings. The predicted molar refractivity (Wildman–Crippen MR) is 127 cm³/mol. The van der Waals surface area contributed by atoms with Gasteiger partial charge in [0.25, 0.3) is 0 Å². The van der Waals surface area contributed by atoms with E-state index in [4.69, 9.17) is 4.74 Å². The number of carbonyl (C=O) groups excluding carboxylic acids is 3. The number of anilines is 2. The van der Waals surface area contributed by atoms with Crippen molar-refractivity contribution in [2.75, 3.05) is 16.8 Å². The van der Waals surface area contributed by atoms with E-state index in [9.17, 15) is 18.8 Å². The van der Waals surface area contributed by atoms with Crippen LogP contribution in [0.25, 0.3) is 0 Å². The zero-order valence-electron chi connectivity index (χ0n) is 19.7. The molecular weight excluding hydrogens is 453 g/mol. The number of nitrogens with zero attached hydrogens (tertiary/aromatic N) is 2. The molecule has 1 aromatic heterocycles. The number of halogens is 1. The maximum absolute atomic E-state index is 14.6. The number of ether oxygens (including phenoxy) is 1. The van der Waals surface area contributed by atoms with Gasteiger partial charge in [-0.15, -0.1) is 0 Å². The number of aromatic nitrogens is 2. The Kier molecular flexibility index (Phi) is 6.21. The Hall–Kier alpha value is -3.43. The monoisotopic (exact) mass is 483 g/mol. The summed E-state index contributed by atoms with van der Waals surface area (Å²) in [6.07, 6.45) is 4.86. The first-order chi connectivity index (χ1) is 16.8. The van der Waals surface area contributed by atoms with Crippen LogP contribution in [0.3, 0.4) is 0 Å². The fourth-order valence-electron chi connectivity index (χ4n) is 4.81. The molecule has 1 aromatic carbocycles. The van der Waals surface area contributed by atoms with Crippen molar-refractivity contribution >= 4 is 29.4 Å². The minimum absolute atomic E-state index is 0.0137. The summed E-state index contributed by atoms with van der Waals surface area (Å²) in [7, 11) is 0. The van der Waals surface area contributed by atoms with Crippen molar-refractivity contribution in [1.29, 1.82) is 0 Å². The van der Waals surface area contributed by atoms with Crippen LogP contribution >= 0.6 is 0 Å². The van der Waals surface area contributed by atoms with Crippen LogP contribution in [0, 0.1) is 5.82 Å². The summed E-state index contributed by atoms with van der Waals surface area (Å²) in [5.41, 5.74) is 1.53. The van der Waals surface area contributed by atoms with Crippen LogP contribution in [-0.4, -0.2) is 46.3 Å². The average Bonchev–Trinajstić information content (AvgIpc) is 3.22. The molecule has 2 atom stereocenters. The van der Waals surface area contributed by atoms with E-state index in [1.54, 1.807) is 23.1 Å². The van der Waals surface area contributed by atoms with E-state index in [0.717, 1.165) is 37.8 Å². The lowest BCUT2D eigenvalue weighted by atomic mass is 10.0. The van der Waals surface area contributed by atoms with Crippen LogP contribution in [-0.2, 0) is 20.7 Å². The number of benzene rings is 1. The van der Waals surface area contributed by atoms with Gasteiger partial charge < -0.3 is 20.3 Å². The molecule has 186 valence electrons. The molecule has 3 N–H and O–H groups in total. The van der Waals surface area contributed by atoms with Gasteiger partial charge in [-0.05, 0) is 63.1 Å². The van der Waals surface area contributed by atoms with E-state index in [1.165, 1.54) is 6.07 Å². The van der Waals surface area contributed by atoms with E-state index in [2.05, 4.69) is 20.8 Å². The fraction of sp³-hybridized carbons (Fsp3) is 0.520. The summed E-state index contributed by atoms with van der Waals surface area (Å²) in [4.78, 5) is 38.0. The Bertz CT molecular complexity index is 1140. The highest BCUT2D eigenvalue weighted by Crippen LogP contribution is 2.37. The third-order valence-electron chi connectivity index (χ3n) is 7.14. The fourth-order valence-corrected chi connectivity index (χ4v) is 4.81. The average molecular weight is 484 g/mol. The maximum Gasteiger partial charge on any atom is 0.407 e. The van der Waals surface area contributed by atoms with Crippen LogP contribution in [0.15, 0.2) is 24.3 Å². The van der Waals surface area contributed by atoms with Gasteiger partial charge >= 0.3 is 6.09 Å². The van der Waals surface area contributed by atoms with Crippen LogP contribution in [0.1, 0.15) is 69.0 Å². The van der Waals surface area contributed by atoms with E-state index >= 15 is 0 Å². The van der Waals surface area contributed by atoms with E-state index < -0.39 is 5.82 Å². The molecule has 2 aliphatic carbocycles. The molecule has 0 unspecified atom stereocenters.